The van der Waals surface area contributed by atoms with E-state index in [1.807, 2.05) is 19.0 Å². The zero-order valence-electron chi connectivity index (χ0n) is 10.5. The molecule has 1 aromatic carbocycles. The van der Waals surface area contributed by atoms with Gasteiger partial charge in [-0.1, -0.05) is 6.07 Å². The molecule has 0 saturated carbocycles. The van der Waals surface area contributed by atoms with Crippen LogP contribution in [0.3, 0.4) is 0 Å². The molecule has 0 spiro atoms. The number of hydrogen-bond acceptors (Lipinski definition) is 5. The number of rotatable bonds is 3. The number of nitriles is 1. The van der Waals surface area contributed by atoms with Crippen LogP contribution >= 0.6 is 0 Å². The molecule has 96 valence electrons. The number of H-pyrrole nitrogens is 1. The lowest BCUT2D eigenvalue weighted by Gasteiger charge is -2.14. The number of carbonyl (C=O) groups excluding carboxylic acids is 1. The van der Waals surface area contributed by atoms with Gasteiger partial charge in [-0.15, -0.1) is 0 Å². The first-order valence-electron chi connectivity index (χ1n) is 5.47. The van der Waals surface area contributed by atoms with E-state index in [0.717, 1.165) is 5.69 Å². The Labute approximate surface area is 109 Å². The molecule has 3 N–H and O–H groups in total. The van der Waals surface area contributed by atoms with Gasteiger partial charge in [-0.25, -0.2) is 0 Å². The van der Waals surface area contributed by atoms with Crippen molar-refractivity contribution in [3.63, 3.8) is 0 Å². The van der Waals surface area contributed by atoms with Gasteiger partial charge >= 0.3 is 0 Å². The number of aromatic nitrogens is 3. The van der Waals surface area contributed by atoms with E-state index in [4.69, 9.17) is 11.0 Å². The fourth-order valence-corrected chi connectivity index (χ4v) is 1.77. The molecule has 1 heterocycles. The van der Waals surface area contributed by atoms with Crippen molar-refractivity contribution < 1.29 is 4.79 Å². The van der Waals surface area contributed by atoms with E-state index in [0.29, 0.717) is 16.8 Å². The van der Waals surface area contributed by atoms with Gasteiger partial charge in [0.1, 0.15) is 11.8 Å². The Hall–Kier alpha value is -2.88. The summed E-state index contributed by atoms with van der Waals surface area (Å²) in [6, 6.07) is 7.31. The van der Waals surface area contributed by atoms with E-state index in [1.165, 1.54) is 0 Å². The number of nitrogens with one attached hydrogen (secondary N) is 1. The average Bonchev–Trinajstić information content (AvgIpc) is 2.87. The lowest BCUT2D eigenvalue weighted by atomic mass is 10.0. The molecule has 0 aliphatic rings. The molecule has 0 aliphatic heterocycles. The quantitative estimate of drug-likeness (QED) is 0.830. The lowest BCUT2D eigenvalue weighted by Crippen LogP contribution is -2.13. The normalized spacial score (nSPS) is 9.95. The van der Waals surface area contributed by atoms with Gasteiger partial charge in [-0.2, -0.15) is 20.7 Å². The van der Waals surface area contributed by atoms with Crippen LogP contribution in [-0.4, -0.2) is 35.4 Å². The number of benzene rings is 1. The van der Waals surface area contributed by atoms with Crippen molar-refractivity contribution in [1.29, 1.82) is 5.26 Å². The number of aromatic amines is 1. The summed E-state index contributed by atoms with van der Waals surface area (Å²) in [5.41, 5.74) is 7.50. The Kier molecular flexibility index (Phi) is 3.16. The summed E-state index contributed by atoms with van der Waals surface area (Å²) in [7, 11) is 3.70. The third-order valence-corrected chi connectivity index (χ3v) is 2.65. The third-order valence-electron chi connectivity index (χ3n) is 2.65. The van der Waals surface area contributed by atoms with Gasteiger partial charge in [0.05, 0.1) is 11.3 Å². The van der Waals surface area contributed by atoms with Gasteiger partial charge < -0.3 is 10.6 Å². The van der Waals surface area contributed by atoms with Crippen LogP contribution in [0.2, 0.25) is 0 Å². The van der Waals surface area contributed by atoms with Crippen molar-refractivity contribution >= 4 is 11.6 Å². The molecule has 0 fully saturated rings. The van der Waals surface area contributed by atoms with Crippen molar-refractivity contribution in [3.8, 4) is 17.3 Å². The summed E-state index contributed by atoms with van der Waals surface area (Å²) in [5, 5.41) is 19.1. The van der Waals surface area contributed by atoms with Crippen molar-refractivity contribution in [2.75, 3.05) is 19.0 Å². The molecule has 0 unspecified atom stereocenters. The predicted molar refractivity (Wildman–Crippen MR) is 69.4 cm³/mol. The van der Waals surface area contributed by atoms with E-state index in [-0.39, 0.29) is 5.69 Å². The zero-order chi connectivity index (χ0) is 14.0. The molecular weight excluding hydrogens is 244 g/mol. The molecule has 0 aliphatic carbocycles. The molecule has 7 nitrogen and oxygen atoms in total. The summed E-state index contributed by atoms with van der Waals surface area (Å²) < 4.78 is 0. The highest BCUT2D eigenvalue weighted by Gasteiger charge is 2.16. The van der Waals surface area contributed by atoms with Gasteiger partial charge in [0, 0.05) is 19.7 Å². The van der Waals surface area contributed by atoms with Gasteiger partial charge in [-0.05, 0) is 12.1 Å². The van der Waals surface area contributed by atoms with Crippen molar-refractivity contribution in [2.24, 2.45) is 5.73 Å². The number of primary amides is 1. The average molecular weight is 256 g/mol. The first-order valence-corrected chi connectivity index (χ1v) is 5.47. The van der Waals surface area contributed by atoms with Crippen molar-refractivity contribution in [1.82, 2.24) is 15.4 Å². The highest BCUT2D eigenvalue weighted by Crippen LogP contribution is 2.26. The largest absolute Gasteiger partial charge is 0.377 e. The summed E-state index contributed by atoms with van der Waals surface area (Å²) in [6.07, 6.45) is 0. The monoisotopic (exact) mass is 256 g/mol. The van der Waals surface area contributed by atoms with Gasteiger partial charge in [0.15, 0.2) is 5.69 Å². The number of amides is 1. The number of nitrogens with zero attached hydrogens (tertiary/aromatic N) is 4. The Bertz CT molecular complexity index is 667. The van der Waals surface area contributed by atoms with E-state index in [2.05, 4.69) is 21.5 Å². The number of nitrogens with two attached hydrogens (primary N) is 1. The van der Waals surface area contributed by atoms with Crippen LogP contribution in [0.4, 0.5) is 5.69 Å². The van der Waals surface area contributed by atoms with Crippen molar-refractivity contribution in [3.05, 3.63) is 29.5 Å². The standard InChI is InChI=1S/C12H12N6O/c1-18(2)9-4-3-7(5-8(9)6-13)10-11(12(14)19)16-17-15-10/h3-5H,1-2H3,(H2,14,19)(H,15,16,17). The predicted octanol–water partition coefficient (Wildman–Crippen LogP) is 0.508. The number of hydrogen-bond donors (Lipinski definition) is 2. The summed E-state index contributed by atoms with van der Waals surface area (Å²) in [5.74, 6) is -0.668. The zero-order valence-corrected chi connectivity index (χ0v) is 10.5. The molecule has 1 amide bonds. The molecule has 2 aromatic rings. The van der Waals surface area contributed by atoms with E-state index in [1.54, 1.807) is 18.2 Å². The smallest absolute Gasteiger partial charge is 0.271 e. The Balaban J connectivity index is 2.56. The SMILES string of the molecule is CN(C)c1ccc(-c2n[nH]nc2C(N)=O)cc1C#N. The summed E-state index contributed by atoms with van der Waals surface area (Å²) in [4.78, 5) is 13.0. The van der Waals surface area contributed by atoms with E-state index < -0.39 is 5.91 Å². The van der Waals surface area contributed by atoms with Crippen LogP contribution in [-0.2, 0) is 0 Å². The van der Waals surface area contributed by atoms with Crippen LogP contribution in [0, 0.1) is 11.3 Å². The maximum atomic E-state index is 11.2. The maximum absolute atomic E-state index is 11.2. The minimum Gasteiger partial charge on any atom is -0.377 e. The molecule has 1 aromatic heterocycles. The second-order valence-electron chi connectivity index (χ2n) is 4.12. The lowest BCUT2D eigenvalue weighted by molar-refractivity contribution is 0.0996. The second kappa shape index (κ2) is 4.78. The molecule has 19 heavy (non-hydrogen) atoms. The Morgan fingerprint density at radius 2 is 2.16 bits per heavy atom. The van der Waals surface area contributed by atoms with Crippen LogP contribution < -0.4 is 10.6 Å². The number of anilines is 1. The van der Waals surface area contributed by atoms with Crippen LogP contribution in [0.25, 0.3) is 11.3 Å². The van der Waals surface area contributed by atoms with Crippen LogP contribution in [0.5, 0.6) is 0 Å². The molecule has 7 heteroatoms. The molecule has 0 atom stereocenters. The minimum absolute atomic E-state index is 0.0569. The van der Waals surface area contributed by atoms with Gasteiger partial charge in [0.25, 0.3) is 5.91 Å². The first-order chi connectivity index (χ1) is 9.04. The maximum Gasteiger partial charge on any atom is 0.271 e. The fraction of sp³-hybridized carbons (Fsp3) is 0.167. The summed E-state index contributed by atoms with van der Waals surface area (Å²) >= 11 is 0. The number of carbonyl (C=O) groups is 1. The van der Waals surface area contributed by atoms with Crippen LogP contribution in [0.15, 0.2) is 18.2 Å². The second-order valence-corrected chi connectivity index (χ2v) is 4.12. The highest BCUT2D eigenvalue weighted by molar-refractivity contribution is 5.96. The highest BCUT2D eigenvalue weighted by atomic mass is 16.1. The topological polar surface area (TPSA) is 112 Å². The minimum atomic E-state index is -0.668. The summed E-state index contributed by atoms with van der Waals surface area (Å²) in [6.45, 7) is 0. The molecule has 0 bridgehead atoms. The Morgan fingerprint density at radius 1 is 1.42 bits per heavy atom. The molecule has 0 radical (unpaired) electrons. The van der Waals surface area contributed by atoms with Gasteiger partial charge in [-0.3, -0.25) is 4.79 Å². The van der Waals surface area contributed by atoms with Crippen molar-refractivity contribution in [2.45, 2.75) is 0 Å². The van der Waals surface area contributed by atoms with E-state index >= 15 is 0 Å². The Morgan fingerprint density at radius 3 is 2.74 bits per heavy atom. The molecule has 2 rings (SSSR count). The van der Waals surface area contributed by atoms with E-state index in [9.17, 15) is 4.79 Å². The fourth-order valence-electron chi connectivity index (χ4n) is 1.77. The first kappa shape index (κ1) is 12.6. The third kappa shape index (κ3) is 2.24. The van der Waals surface area contributed by atoms with Crippen LogP contribution in [0.1, 0.15) is 16.1 Å². The molecular formula is C12H12N6O. The molecule has 0 saturated heterocycles. The van der Waals surface area contributed by atoms with Gasteiger partial charge in [0.2, 0.25) is 0 Å².